The molecule has 108 valence electrons. The van der Waals surface area contributed by atoms with Crippen LogP contribution >= 0.6 is 11.6 Å². The molecule has 0 atom stereocenters. The summed E-state index contributed by atoms with van der Waals surface area (Å²) in [6, 6.07) is 5.60. The largest absolute Gasteiger partial charge is 0.350 e. The van der Waals surface area contributed by atoms with Gasteiger partial charge in [0.25, 0.3) is 5.91 Å². The van der Waals surface area contributed by atoms with Crippen LogP contribution in [-0.2, 0) is 0 Å². The molecule has 2 N–H and O–H groups in total. The highest BCUT2D eigenvalue weighted by atomic mass is 35.5. The molecule has 0 spiro atoms. The zero-order chi connectivity index (χ0) is 15.4. The number of nitrogens with one attached hydrogen (secondary N) is 2. The highest BCUT2D eigenvalue weighted by Crippen LogP contribution is 2.27. The van der Waals surface area contributed by atoms with Gasteiger partial charge in [0.05, 0.1) is 5.02 Å². The number of allylic oxidation sites excluding steroid dienone is 4. The third-order valence-corrected chi connectivity index (χ3v) is 3.58. The Morgan fingerprint density at radius 2 is 2.19 bits per heavy atom. The number of hydrogen-bond donors (Lipinski definition) is 2. The predicted molar refractivity (Wildman–Crippen MR) is 88.6 cm³/mol. The topological polar surface area (TPSA) is 44.9 Å². The van der Waals surface area contributed by atoms with Crippen LogP contribution in [-0.4, -0.2) is 10.9 Å². The Morgan fingerprint density at radius 1 is 1.43 bits per heavy atom. The fourth-order valence-corrected chi connectivity index (χ4v) is 2.26. The lowest BCUT2D eigenvalue weighted by molar-refractivity contribution is 0.0963. The van der Waals surface area contributed by atoms with Gasteiger partial charge in [0, 0.05) is 16.6 Å². The number of fused-ring (bicyclic) bond motifs is 1. The quantitative estimate of drug-likeness (QED) is 0.802. The van der Waals surface area contributed by atoms with Crippen LogP contribution in [0.3, 0.4) is 0 Å². The number of H-pyrrole nitrogens is 1. The number of amides is 1. The fourth-order valence-electron chi connectivity index (χ4n) is 2.04. The van der Waals surface area contributed by atoms with E-state index < -0.39 is 0 Å². The van der Waals surface area contributed by atoms with E-state index in [1.807, 2.05) is 32.1 Å². The second-order valence-electron chi connectivity index (χ2n) is 4.65. The zero-order valence-corrected chi connectivity index (χ0v) is 12.8. The monoisotopic (exact) mass is 300 g/mol. The highest BCUT2D eigenvalue weighted by Gasteiger charge is 2.12. The number of aryl methyl sites for hydroxylation is 1. The van der Waals surface area contributed by atoms with Crippen molar-refractivity contribution < 1.29 is 4.79 Å². The second-order valence-corrected chi connectivity index (χ2v) is 5.03. The molecule has 0 aliphatic heterocycles. The first kappa shape index (κ1) is 15.1. The molecule has 0 aliphatic rings. The van der Waals surface area contributed by atoms with Crippen molar-refractivity contribution in [3.63, 3.8) is 0 Å². The minimum atomic E-state index is -0.217. The van der Waals surface area contributed by atoms with Crippen LogP contribution in [0.15, 0.2) is 54.8 Å². The molecular weight excluding hydrogens is 284 g/mol. The molecule has 2 rings (SSSR count). The molecule has 0 unspecified atom stereocenters. The summed E-state index contributed by atoms with van der Waals surface area (Å²) in [6.07, 6.45) is 7.01. The van der Waals surface area contributed by atoms with Crippen LogP contribution in [0.25, 0.3) is 10.9 Å². The van der Waals surface area contributed by atoms with Crippen LogP contribution in [0.5, 0.6) is 0 Å². The molecule has 0 fully saturated rings. The van der Waals surface area contributed by atoms with Crippen molar-refractivity contribution >= 4 is 28.4 Å². The van der Waals surface area contributed by atoms with E-state index in [0.29, 0.717) is 16.4 Å². The molecule has 0 saturated heterocycles. The number of rotatable bonds is 4. The van der Waals surface area contributed by atoms with Gasteiger partial charge in [-0.1, -0.05) is 36.4 Å². The van der Waals surface area contributed by atoms with Crippen LogP contribution in [0.4, 0.5) is 0 Å². The Labute approximate surface area is 129 Å². The van der Waals surface area contributed by atoms with Gasteiger partial charge in [0.15, 0.2) is 0 Å². The first-order valence-corrected chi connectivity index (χ1v) is 6.99. The third-order valence-electron chi connectivity index (χ3n) is 3.08. The zero-order valence-electron chi connectivity index (χ0n) is 12.0. The summed E-state index contributed by atoms with van der Waals surface area (Å²) in [7, 11) is 0. The van der Waals surface area contributed by atoms with E-state index in [1.165, 1.54) is 0 Å². The Bertz CT molecular complexity index is 753. The van der Waals surface area contributed by atoms with E-state index in [0.717, 1.165) is 16.5 Å². The minimum absolute atomic E-state index is 0.217. The average molecular weight is 301 g/mol. The SMILES string of the molecule is C=C/C=C(\C=C/C)NC(=O)c1cc2c(Cl)c(C)ccc2[nH]1. The maximum Gasteiger partial charge on any atom is 0.272 e. The van der Waals surface area contributed by atoms with Gasteiger partial charge in [-0.2, -0.15) is 0 Å². The van der Waals surface area contributed by atoms with Crippen molar-refractivity contribution in [2.45, 2.75) is 13.8 Å². The Balaban J connectivity index is 2.34. The van der Waals surface area contributed by atoms with Crippen molar-refractivity contribution in [2.24, 2.45) is 0 Å². The summed E-state index contributed by atoms with van der Waals surface area (Å²) >= 11 is 6.26. The smallest absolute Gasteiger partial charge is 0.272 e. The molecule has 3 nitrogen and oxygen atoms in total. The lowest BCUT2D eigenvalue weighted by Crippen LogP contribution is -2.22. The number of benzene rings is 1. The first-order valence-electron chi connectivity index (χ1n) is 6.61. The molecule has 1 aromatic heterocycles. The summed E-state index contributed by atoms with van der Waals surface area (Å²) < 4.78 is 0. The van der Waals surface area contributed by atoms with Gasteiger partial charge in [0.1, 0.15) is 5.69 Å². The molecule has 1 heterocycles. The van der Waals surface area contributed by atoms with Gasteiger partial charge in [-0.25, -0.2) is 0 Å². The van der Waals surface area contributed by atoms with E-state index >= 15 is 0 Å². The van der Waals surface area contributed by atoms with Gasteiger partial charge in [-0.3, -0.25) is 4.79 Å². The van der Waals surface area contributed by atoms with Crippen LogP contribution in [0.2, 0.25) is 5.02 Å². The minimum Gasteiger partial charge on any atom is -0.350 e. The van der Waals surface area contributed by atoms with Gasteiger partial charge in [-0.15, -0.1) is 0 Å². The molecule has 4 heteroatoms. The third kappa shape index (κ3) is 3.26. The van der Waals surface area contributed by atoms with Crippen LogP contribution in [0.1, 0.15) is 23.0 Å². The molecule has 0 bridgehead atoms. The second kappa shape index (κ2) is 6.46. The average Bonchev–Trinajstić information content (AvgIpc) is 2.88. The molecule has 0 aliphatic carbocycles. The van der Waals surface area contributed by atoms with Crippen LogP contribution < -0.4 is 5.32 Å². The first-order chi connectivity index (χ1) is 10.1. The van der Waals surface area contributed by atoms with E-state index in [4.69, 9.17) is 11.6 Å². The Hall–Kier alpha value is -2.26. The number of halogens is 1. The number of aromatic amines is 1. The molecular formula is C17H17ClN2O. The summed E-state index contributed by atoms with van der Waals surface area (Å²) in [5.74, 6) is -0.217. The summed E-state index contributed by atoms with van der Waals surface area (Å²) in [5, 5.41) is 4.33. The van der Waals surface area contributed by atoms with E-state index in [9.17, 15) is 4.79 Å². The lowest BCUT2D eigenvalue weighted by atomic mass is 10.2. The summed E-state index contributed by atoms with van der Waals surface area (Å²) in [6.45, 7) is 7.45. The van der Waals surface area contributed by atoms with Crippen molar-refractivity contribution in [1.82, 2.24) is 10.3 Å². The van der Waals surface area contributed by atoms with E-state index in [2.05, 4.69) is 16.9 Å². The van der Waals surface area contributed by atoms with Crippen molar-refractivity contribution in [3.05, 3.63) is 71.1 Å². The predicted octanol–water partition coefficient (Wildman–Crippen LogP) is 4.51. The lowest BCUT2D eigenvalue weighted by Gasteiger charge is -2.03. The van der Waals surface area contributed by atoms with Crippen LogP contribution in [0, 0.1) is 6.92 Å². The van der Waals surface area contributed by atoms with Crippen molar-refractivity contribution in [3.8, 4) is 0 Å². The Morgan fingerprint density at radius 3 is 2.86 bits per heavy atom. The van der Waals surface area contributed by atoms with E-state index in [1.54, 1.807) is 24.3 Å². The molecule has 2 aromatic rings. The number of carbonyl (C=O) groups is 1. The van der Waals surface area contributed by atoms with Crippen molar-refractivity contribution in [2.75, 3.05) is 0 Å². The normalized spacial score (nSPS) is 12.0. The van der Waals surface area contributed by atoms with Gasteiger partial charge < -0.3 is 10.3 Å². The number of hydrogen-bond acceptors (Lipinski definition) is 1. The number of aromatic nitrogens is 1. The van der Waals surface area contributed by atoms with Crippen molar-refractivity contribution in [1.29, 1.82) is 0 Å². The standard InChI is InChI=1S/C17H17ClN2O/c1-4-6-12(7-5-2)19-17(21)15-10-13-14(20-15)9-8-11(3)16(13)18/h4-10,20H,1H2,2-3H3,(H,19,21)/b7-5-,12-6+. The molecule has 1 amide bonds. The summed E-state index contributed by atoms with van der Waals surface area (Å²) in [4.78, 5) is 15.4. The Kier molecular flexibility index (Phi) is 4.66. The maximum absolute atomic E-state index is 12.3. The number of carbonyl (C=O) groups excluding carboxylic acids is 1. The highest BCUT2D eigenvalue weighted by molar-refractivity contribution is 6.36. The van der Waals surface area contributed by atoms with Gasteiger partial charge >= 0.3 is 0 Å². The molecule has 0 saturated carbocycles. The molecule has 0 radical (unpaired) electrons. The van der Waals surface area contributed by atoms with E-state index in [-0.39, 0.29) is 5.91 Å². The molecule has 1 aromatic carbocycles. The summed E-state index contributed by atoms with van der Waals surface area (Å²) in [5.41, 5.74) is 2.97. The maximum atomic E-state index is 12.3. The fraction of sp³-hybridized carbons (Fsp3) is 0.118. The van der Waals surface area contributed by atoms with Gasteiger partial charge in [0.2, 0.25) is 0 Å². The molecule has 21 heavy (non-hydrogen) atoms. The van der Waals surface area contributed by atoms with Gasteiger partial charge in [-0.05, 0) is 43.7 Å².